The monoisotopic (exact) mass is 399 g/mol. The Kier molecular flexibility index (Phi) is 6.57. The Morgan fingerprint density at radius 3 is 3.11 bits per heavy atom. The van der Waals surface area contributed by atoms with E-state index in [0.29, 0.717) is 37.6 Å². The molecule has 0 aliphatic carbocycles. The highest BCUT2D eigenvalue weighted by atomic mass is 32.1. The van der Waals surface area contributed by atoms with Crippen molar-refractivity contribution in [1.82, 2.24) is 14.8 Å². The van der Waals surface area contributed by atoms with Gasteiger partial charge in [-0.3, -0.25) is 4.79 Å². The fourth-order valence-corrected chi connectivity index (χ4v) is 3.60. The van der Waals surface area contributed by atoms with Crippen molar-refractivity contribution in [3.05, 3.63) is 46.4 Å². The Bertz CT molecular complexity index is 865. The summed E-state index contributed by atoms with van der Waals surface area (Å²) in [4.78, 5) is 32.8. The SMILES string of the molecule is CN(Cc1nccs1)C(=O)C[C@@H]1COCCN1C(=O)Nc1cccc(C#N)c1. The lowest BCUT2D eigenvalue weighted by atomic mass is 10.1. The summed E-state index contributed by atoms with van der Waals surface area (Å²) in [5, 5.41) is 14.5. The molecule has 1 aromatic heterocycles. The number of hydrogen-bond acceptors (Lipinski definition) is 6. The summed E-state index contributed by atoms with van der Waals surface area (Å²) < 4.78 is 5.49. The summed E-state index contributed by atoms with van der Waals surface area (Å²) in [7, 11) is 1.73. The fourth-order valence-electron chi connectivity index (χ4n) is 2.93. The lowest BCUT2D eigenvalue weighted by Gasteiger charge is -2.36. The lowest BCUT2D eigenvalue weighted by Crippen LogP contribution is -2.52. The van der Waals surface area contributed by atoms with Crippen LogP contribution in [-0.4, -0.2) is 59.6 Å². The summed E-state index contributed by atoms with van der Waals surface area (Å²) in [5.41, 5.74) is 1.01. The molecular formula is C19H21N5O3S. The molecule has 1 aromatic carbocycles. The highest BCUT2D eigenvalue weighted by Gasteiger charge is 2.30. The average molecular weight is 399 g/mol. The van der Waals surface area contributed by atoms with Crippen molar-refractivity contribution in [2.75, 3.05) is 32.1 Å². The first-order chi connectivity index (χ1) is 13.6. The number of morpholine rings is 1. The molecule has 3 amide bonds. The normalized spacial score (nSPS) is 16.3. The number of anilines is 1. The molecule has 1 aliphatic rings. The van der Waals surface area contributed by atoms with E-state index in [4.69, 9.17) is 10.00 Å². The van der Waals surface area contributed by atoms with Gasteiger partial charge in [0, 0.05) is 37.3 Å². The van der Waals surface area contributed by atoms with Crippen molar-refractivity contribution in [1.29, 1.82) is 5.26 Å². The van der Waals surface area contributed by atoms with Crippen LogP contribution in [0.15, 0.2) is 35.8 Å². The lowest BCUT2D eigenvalue weighted by molar-refractivity contribution is -0.132. The molecule has 0 bridgehead atoms. The van der Waals surface area contributed by atoms with Gasteiger partial charge in [-0.2, -0.15) is 5.26 Å². The molecule has 2 heterocycles. The number of rotatable bonds is 5. The molecule has 1 atom stereocenters. The molecule has 1 N–H and O–H groups in total. The minimum Gasteiger partial charge on any atom is -0.377 e. The molecule has 9 heteroatoms. The molecule has 1 fully saturated rings. The van der Waals surface area contributed by atoms with E-state index in [1.165, 1.54) is 11.3 Å². The number of amides is 3. The van der Waals surface area contributed by atoms with Crippen molar-refractivity contribution in [3.63, 3.8) is 0 Å². The number of thiazole rings is 1. The number of nitrogens with zero attached hydrogens (tertiary/aromatic N) is 4. The third-order valence-electron chi connectivity index (χ3n) is 4.42. The van der Waals surface area contributed by atoms with Crippen LogP contribution in [0.1, 0.15) is 17.0 Å². The largest absolute Gasteiger partial charge is 0.377 e. The number of nitrogens with one attached hydrogen (secondary N) is 1. The number of ether oxygens (including phenoxy) is 1. The maximum atomic E-state index is 12.7. The molecule has 2 aromatic rings. The van der Waals surface area contributed by atoms with Gasteiger partial charge in [-0.15, -0.1) is 11.3 Å². The molecule has 8 nitrogen and oxygen atoms in total. The van der Waals surface area contributed by atoms with E-state index in [1.807, 2.05) is 11.4 Å². The van der Waals surface area contributed by atoms with Crippen LogP contribution >= 0.6 is 11.3 Å². The second-order valence-corrected chi connectivity index (χ2v) is 7.40. The van der Waals surface area contributed by atoms with Crippen molar-refractivity contribution >= 4 is 29.0 Å². The van der Waals surface area contributed by atoms with E-state index in [-0.39, 0.29) is 24.4 Å². The van der Waals surface area contributed by atoms with E-state index in [9.17, 15) is 9.59 Å². The number of aromatic nitrogens is 1. The molecule has 1 aliphatic heterocycles. The van der Waals surface area contributed by atoms with Crippen LogP contribution in [0.25, 0.3) is 0 Å². The highest BCUT2D eigenvalue weighted by Crippen LogP contribution is 2.17. The Balaban J connectivity index is 1.61. The van der Waals surface area contributed by atoms with Gasteiger partial charge in [-0.1, -0.05) is 6.07 Å². The first-order valence-electron chi connectivity index (χ1n) is 8.84. The number of urea groups is 1. The summed E-state index contributed by atoms with van der Waals surface area (Å²) in [5.74, 6) is -0.0741. The van der Waals surface area contributed by atoms with Crippen molar-refractivity contribution in [3.8, 4) is 6.07 Å². The summed E-state index contributed by atoms with van der Waals surface area (Å²) >= 11 is 1.50. The maximum Gasteiger partial charge on any atom is 0.322 e. The third-order valence-corrected chi connectivity index (χ3v) is 5.19. The molecule has 146 valence electrons. The van der Waals surface area contributed by atoms with Crippen LogP contribution in [0, 0.1) is 11.3 Å². The maximum absolute atomic E-state index is 12.7. The third kappa shape index (κ3) is 5.06. The number of nitriles is 1. The average Bonchev–Trinajstić information content (AvgIpc) is 3.21. The van der Waals surface area contributed by atoms with Crippen LogP contribution in [0.5, 0.6) is 0 Å². The van der Waals surface area contributed by atoms with Gasteiger partial charge in [0.25, 0.3) is 0 Å². The summed E-state index contributed by atoms with van der Waals surface area (Å²) in [6.07, 6.45) is 1.88. The smallest absolute Gasteiger partial charge is 0.322 e. The fraction of sp³-hybridized carbons (Fsp3) is 0.368. The number of benzene rings is 1. The molecule has 3 rings (SSSR count). The Hall–Kier alpha value is -2.96. The number of carbonyl (C=O) groups excluding carboxylic acids is 2. The zero-order valence-corrected chi connectivity index (χ0v) is 16.3. The number of hydrogen-bond donors (Lipinski definition) is 1. The van der Waals surface area contributed by atoms with Gasteiger partial charge >= 0.3 is 6.03 Å². The van der Waals surface area contributed by atoms with Gasteiger partial charge in [-0.25, -0.2) is 9.78 Å². The van der Waals surface area contributed by atoms with E-state index in [0.717, 1.165) is 5.01 Å². The number of carbonyl (C=O) groups is 2. The Morgan fingerprint density at radius 1 is 1.50 bits per heavy atom. The van der Waals surface area contributed by atoms with Crippen LogP contribution in [0.4, 0.5) is 10.5 Å². The van der Waals surface area contributed by atoms with Crippen molar-refractivity contribution in [2.45, 2.75) is 19.0 Å². The van der Waals surface area contributed by atoms with E-state index >= 15 is 0 Å². The molecule has 0 radical (unpaired) electrons. The van der Waals surface area contributed by atoms with E-state index in [2.05, 4.69) is 10.3 Å². The highest BCUT2D eigenvalue weighted by molar-refractivity contribution is 7.09. The van der Waals surface area contributed by atoms with E-state index in [1.54, 1.807) is 47.3 Å². The van der Waals surface area contributed by atoms with Crippen LogP contribution in [0.2, 0.25) is 0 Å². The van der Waals surface area contributed by atoms with Crippen LogP contribution < -0.4 is 5.32 Å². The quantitative estimate of drug-likeness (QED) is 0.832. The summed E-state index contributed by atoms with van der Waals surface area (Å²) in [6, 6.07) is 8.11. The van der Waals surface area contributed by atoms with Gasteiger partial charge in [0.1, 0.15) is 5.01 Å². The standard InChI is InChI=1S/C19H21N5O3S/c1-23(12-17-21-5-8-28-17)18(25)10-16-13-27-7-6-24(16)19(26)22-15-4-2-3-14(9-15)11-20/h2-5,8-9,16H,6-7,10,12-13H2,1H3,(H,22,26)/t16-/m1/s1. The topological polar surface area (TPSA) is 98.6 Å². The molecule has 0 unspecified atom stereocenters. The van der Waals surface area contributed by atoms with Gasteiger partial charge in [0.15, 0.2) is 0 Å². The van der Waals surface area contributed by atoms with Crippen LogP contribution in [0.3, 0.4) is 0 Å². The summed E-state index contributed by atoms with van der Waals surface area (Å²) in [6.45, 7) is 1.57. The molecule has 1 saturated heterocycles. The second-order valence-electron chi connectivity index (χ2n) is 6.42. The predicted molar refractivity (Wildman–Crippen MR) is 105 cm³/mol. The second kappa shape index (κ2) is 9.30. The van der Waals surface area contributed by atoms with Crippen molar-refractivity contribution in [2.24, 2.45) is 0 Å². The first-order valence-corrected chi connectivity index (χ1v) is 9.72. The Labute approximate surface area is 167 Å². The van der Waals surface area contributed by atoms with Gasteiger partial charge in [0.05, 0.1) is 37.4 Å². The van der Waals surface area contributed by atoms with Crippen LogP contribution in [-0.2, 0) is 16.1 Å². The zero-order valence-electron chi connectivity index (χ0n) is 15.5. The molecule has 28 heavy (non-hydrogen) atoms. The van der Waals surface area contributed by atoms with Gasteiger partial charge in [-0.05, 0) is 18.2 Å². The van der Waals surface area contributed by atoms with Gasteiger partial charge in [0.2, 0.25) is 5.91 Å². The molecule has 0 spiro atoms. The Morgan fingerprint density at radius 2 is 2.36 bits per heavy atom. The van der Waals surface area contributed by atoms with E-state index < -0.39 is 0 Å². The first kappa shape index (κ1) is 19.8. The minimum atomic E-state index is -0.348. The minimum absolute atomic E-state index is 0.0741. The molecular weight excluding hydrogens is 378 g/mol. The van der Waals surface area contributed by atoms with Crippen molar-refractivity contribution < 1.29 is 14.3 Å². The predicted octanol–water partition coefficient (Wildman–Crippen LogP) is 2.30. The molecule has 0 saturated carbocycles. The zero-order chi connectivity index (χ0) is 19.9. The van der Waals surface area contributed by atoms with Gasteiger partial charge < -0.3 is 19.9 Å².